The molecule has 0 bridgehead atoms. The molecule has 0 aliphatic rings. The highest BCUT2D eigenvalue weighted by Crippen LogP contribution is 2.20. The zero-order chi connectivity index (χ0) is 11.3. The van der Waals surface area contributed by atoms with E-state index in [2.05, 4.69) is 29.5 Å². The number of thiazole rings is 1. The van der Waals surface area contributed by atoms with Crippen LogP contribution in [0.15, 0.2) is 5.38 Å². The van der Waals surface area contributed by atoms with Gasteiger partial charge in [0, 0.05) is 24.6 Å². The van der Waals surface area contributed by atoms with E-state index in [1.165, 1.54) is 0 Å². The molecule has 0 saturated carbocycles. The Kier molecular flexibility index (Phi) is 5.22. The average molecular weight is 228 g/mol. The Morgan fingerprint density at radius 1 is 1.47 bits per heavy atom. The fraction of sp³-hybridized carbons (Fsp3) is 0.727. The van der Waals surface area contributed by atoms with Gasteiger partial charge in [-0.3, -0.25) is 0 Å². The summed E-state index contributed by atoms with van der Waals surface area (Å²) in [5.74, 6) is 0. The lowest BCUT2D eigenvalue weighted by Crippen LogP contribution is -2.22. The molecule has 0 aromatic carbocycles. The second-order valence-corrected chi connectivity index (χ2v) is 4.70. The molecule has 1 atom stereocenters. The van der Waals surface area contributed by atoms with Gasteiger partial charge in [-0.05, 0) is 13.8 Å². The largest absolute Gasteiger partial charge is 0.372 e. The minimum absolute atomic E-state index is 0.118. The van der Waals surface area contributed by atoms with E-state index in [0.717, 1.165) is 23.9 Å². The molecular formula is C11H20N2OS. The maximum atomic E-state index is 5.49. The Morgan fingerprint density at radius 2 is 2.20 bits per heavy atom. The predicted molar refractivity (Wildman–Crippen MR) is 64.1 cm³/mol. The molecule has 1 aromatic heterocycles. The van der Waals surface area contributed by atoms with Crippen LogP contribution in [0.3, 0.4) is 0 Å². The van der Waals surface area contributed by atoms with Gasteiger partial charge in [0.2, 0.25) is 0 Å². The van der Waals surface area contributed by atoms with Crippen LogP contribution in [0.5, 0.6) is 0 Å². The highest BCUT2D eigenvalue weighted by atomic mass is 32.1. The van der Waals surface area contributed by atoms with Gasteiger partial charge in [0.05, 0.1) is 5.69 Å². The number of aromatic nitrogens is 1. The summed E-state index contributed by atoms with van der Waals surface area (Å²) in [5.41, 5.74) is 1.11. The van der Waals surface area contributed by atoms with Crippen LogP contribution >= 0.6 is 11.3 Å². The highest BCUT2D eigenvalue weighted by Gasteiger charge is 2.09. The van der Waals surface area contributed by atoms with Gasteiger partial charge < -0.3 is 10.1 Å². The van der Waals surface area contributed by atoms with Gasteiger partial charge in [-0.2, -0.15) is 0 Å². The first-order valence-corrected chi connectivity index (χ1v) is 6.30. The van der Waals surface area contributed by atoms with Crippen molar-refractivity contribution in [2.45, 2.75) is 46.4 Å². The Balaban J connectivity index is 2.48. The first kappa shape index (κ1) is 12.6. The zero-order valence-electron chi connectivity index (χ0n) is 9.91. The van der Waals surface area contributed by atoms with Crippen LogP contribution in [-0.4, -0.2) is 17.6 Å². The van der Waals surface area contributed by atoms with Crippen molar-refractivity contribution in [2.75, 3.05) is 6.61 Å². The first-order chi connectivity index (χ1) is 7.13. The zero-order valence-corrected chi connectivity index (χ0v) is 10.7. The fourth-order valence-corrected chi connectivity index (χ4v) is 2.04. The lowest BCUT2D eigenvalue weighted by molar-refractivity contribution is 0.0761. The van der Waals surface area contributed by atoms with E-state index in [1.807, 2.05) is 13.8 Å². The summed E-state index contributed by atoms with van der Waals surface area (Å²) in [6.07, 6.45) is 0.118. The van der Waals surface area contributed by atoms with Gasteiger partial charge >= 0.3 is 0 Å². The van der Waals surface area contributed by atoms with Crippen molar-refractivity contribution in [3.8, 4) is 0 Å². The van der Waals surface area contributed by atoms with Crippen LogP contribution in [-0.2, 0) is 11.3 Å². The maximum Gasteiger partial charge on any atom is 0.122 e. The Morgan fingerprint density at radius 3 is 2.80 bits per heavy atom. The number of nitrogens with zero attached hydrogens (tertiary/aromatic N) is 1. The van der Waals surface area contributed by atoms with Crippen molar-refractivity contribution < 1.29 is 4.74 Å². The molecule has 86 valence electrons. The van der Waals surface area contributed by atoms with Gasteiger partial charge in [0.1, 0.15) is 11.1 Å². The molecule has 1 aromatic rings. The van der Waals surface area contributed by atoms with E-state index in [0.29, 0.717) is 6.04 Å². The second kappa shape index (κ2) is 6.20. The number of ether oxygens (including phenoxy) is 1. The Bertz CT molecular complexity index is 286. The van der Waals surface area contributed by atoms with Crippen molar-refractivity contribution in [1.82, 2.24) is 10.3 Å². The number of hydrogen-bond acceptors (Lipinski definition) is 4. The van der Waals surface area contributed by atoms with Crippen LogP contribution in [0, 0.1) is 0 Å². The molecule has 0 spiro atoms. The Hall–Kier alpha value is -0.450. The van der Waals surface area contributed by atoms with E-state index in [-0.39, 0.29) is 6.10 Å². The van der Waals surface area contributed by atoms with E-state index in [9.17, 15) is 0 Å². The smallest absolute Gasteiger partial charge is 0.122 e. The van der Waals surface area contributed by atoms with Crippen molar-refractivity contribution in [1.29, 1.82) is 0 Å². The molecule has 15 heavy (non-hydrogen) atoms. The van der Waals surface area contributed by atoms with Gasteiger partial charge in [0.15, 0.2) is 0 Å². The van der Waals surface area contributed by atoms with Gasteiger partial charge in [-0.15, -0.1) is 11.3 Å². The van der Waals surface area contributed by atoms with Crippen molar-refractivity contribution in [2.24, 2.45) is 0 Å². The number of hydrogen-bond donors (Lipinski definition) is 1. The van der Waals surface area contributed by atoms with E-state index >= 15 is 0 Å². The van der Waals surface area contributed by atoms with Crippen LogP contribution in [0.2, 0.25) is 0 Å². The standard InChI is InChI=1S/C11H20N2OS/c1-5-14-9(4)11-13-10(7-15-11)6-12-8(2)3/h7-9,12H,5-6H2,1-4H3. The Labute approximate surface area is 95.9 Å². The van der Waals surface area contributed by atoms with Gasteiger partial charge in [0.25, 0.3) is 0 Å². The fourth-order valence-electron chi connectivity index (χ4n) is 1.22. The molecule has 0 radical (unpaired) electrons. The molecule has 1 N–H and O–H groups in total. The maximum absolute atomic E-state index is 5.49. The van der Waals surface area contributed by atoms with Crippen molar-refractivity contribution >= 4 is 11.3 Å². The number of rotatable bonds is 6. The van der Waals surface area contributed by atoms with E-state index in [1.54, 1.807) is 11.3 Å². The summed E-state index contributed by atoms with van der Waals surface area (Å²) in [6.45, 7) is 9.90. The van der Waals surface area contributed by atoms with Crippen LogP contribution in [0.25, 0.3) is 0 Å². The molecular weight excluding hydrogens is 208 g/mol. The molecule has 0 fully saturated rings. The molecule has 4 heteroatoms. The lowest BCUT2D eigenvalue weighted by atomic mass is 10.3. The van der Waals surface area contributed by atoms with Crippen LogP contribution < -0.4 is 5.32 Å². The van der Waals surface area contributed by atoms with Crippen LogP contribution in [0.4, 0.5) is 0 Å². The summed E-state index contributed by atoms with van der Waals surface area (Å²) < 4.78 is 5.49. The molecule has 0 aliphatic carbocycles. The summed E-state index contributed by atoms with van der Waals surface area (Å²) in [6, 6.07) is 0.500. The topological polar surface area (TPSA) is 34.1 Å². The van der Waals surface area contributed by atoms with E-state index < -0.39 is 0 Å². The number of nitrogens with one attached hydrogen (secondary N) is 1. The molecule has 0 aliphatic heterocycles. The van der Waals surface area contributed by atoms with Crippen LogP contribution in [0.1, 0.15) is 44.5 Å². The van der Waals surface area contributed by atoms with Crippen molar-refractivity contribution in [3.63, 3.8) is 0 Å². The first-order valence-electron chi connectivity index (χ1n) is 5.42. The average Bonchev–Trinajstić information content (AvgIpc) is 2.63. The predicted octanol–water partition coefficient (Wildman–Crippen LogP) is 2.74. The summed E-state index contributed by atoms with van der Waals surface area (Å²) in [7, 11) is 0. The third-order valence-electron chi connectivity index (χ3n) is 2.03. The third kappa shape index (κ3) is 4.28. The minimum Gasteiger partial charge on any atom is -0.372 e. The SMILES string of the molecule is CCOC(C)c1nc(CNC(C)C)cs1. The molecule has 1 unspecified atom stereocenters. The molecule has 3 nitrogen and oxygen atoms in total. The monoisotopic (exact) mass is 228 g/mol. The third-order valence-corrected chi connectivity index (χ3v) is 3.08. The summed E-state index contributed by atoms with van der Waals surface area (Å²) >= 11 is 1.67. The van der Waals surface area contributed by atoms with Gasteiger partial charge in [-0.25, -0.2) is 4.98 Å². The summed E-state index contributed by atoms with van der Waals surface area (Å²) in [5, 5.41) is 6.51. The summed E-state index contributed by atoms with van der Waals surface area (Å²) in [4.78, 5) is 4.53. The second-order valence-electron chi connectivity index (χ2n) is 3.81. The van der Waals surface area contributed by atoms with Gasteiger partial charge in [-0.1, -0.05) is 13.8 Å². The van der Waals surface area contributed by atoms with Crippen molar-refractivity contribution in [3.05, 3.63) is 16.1 Å². The minimum atomic E-state index is 0.118. The lowest BCUT2D eigenvalue weighted by Gasteiger charge is -2.07. The molecule has 1 rings (SSSR count). The quantitative estimate of drug-likeness (QED) is 0.813. The molecule has 0 saturated heterocycles. The molecule has 1 heterocycles. The highest BCUT2D eigenvalue weighted by molar-refractivity contribution is 7.09. The van der Waals surface area contributed by atoms with E-state index in [4.69, 9.17) is 4.74 Å². The molecule has 0 amide bonds. The normalized spacial score (nSPS) is 13.4.